The molecule has 5 nitrogen and oxygen atoms in total. The van der Waals surface area contributed by atoms with Crippen LogP contribution < -0.4 is 10.6 Å². The van der Waals surface area contributed by atoms with Gasteiger partial charge in [0.25, 0.3) is 0 Å². The van der Waals surface area contributed by atoms with E-state index in [9.17, 15) is 9.59 Å². The number of amides is 2. The van der Waals surface area contributed by atoms with E-state index in [0.717, 1.165) is 4.88 Å². The van der Waals surface area contributed by atoms with Crippen LogP contribution in [0.15, 0.2) is 36.4 Å². The maximum absolute atomic E-state index is 11.8. The van der Waals surface area contributed by atoms with E-state index in [4.69, 9.17) is 5.11 Å². The van der Waals surface area contributed by atoms with E-state index in [1.54, 1.807) is 35.6 Å². The first kappa shape index (κ1) is 15.1. The molecule has 0 spiro atoms. The van der Waals surface area contributed by atoms with E-state index in [-0.39, 0.29) is 12.5 Å². The third-order valence-corrected chi connectivity index (χ3v) is 3.76. The van der Waals surface area contributed by atoms with Gasteiger partial charge in [-0.05, 0) is 36.8 Å². The van der Waals surface area contributed by atoms with Crippen molar-refractivity contribution in [2.45, 2.75) is 19.9 Å². The third kappa shape index (κ3) is 4.92. The number of aliphatic carboxylic acids is 1. The monoisotopic (exact) mass is 304 g/mol. The van der Waals surface area contributed by atoms with Gasteiger partial charge in [-0.3, -0.25) is 4.79 Å². The lowest BCUT2D eigenvalue weighted by atomic mass is 10.1. The lowest BCUT2D eigenvalue weighted by Gasteiger charge is -2.08. The quantitative estimate of drug-likeness (QED) is 0.794. The molecule has 3 N–H and O–H groups in total. The fraction of sp³-hybridized carbons (Fsp3) is 0.200. The normalized spacial score (nSPS) is 10.1. The second-order valence-electron chi connectivity index (χ2n) is 4.59. The van der Waals surface area contributed by atoms with Crippen molar-refractivity contribution in [3.63, 3.8) is 0 Å². The molecule has 0 bridgehead atoms. The predicted octanol–water partition coefficient (Wildman–Crippen LogP) is 3.01. The maximum Gasteiger partial charge on any atom is 0.319 e. The van der Waals surface area contributed by atoms with Gasteiger partial charge in [0.05, 0.1) is 13.0 Å². The summed E-state index contributed by atoms with van der Waals surface area (Å²) >= 11 is 1.64. The minimum Gasteiger partial charge on any atom is -0.481 e. The molecule has 0 unspecified atom stereocenters. The molecule has 6 heteroatoms. The topological polar surface area (TPSA) is 78.4 Å². The van der Waals surface area contributed by atoms with Crippen LogP contribution in [0.25, 0.3) is 0 Å². The SMILES string of the molecule is Cc1ccc(CNC(=O)Nc2cccc(CC(=O)O)c2)s1. The Morgan fingerprint density at radius 2 is 2.05 bits per heavy atom. The molecular formula is C15H16N2O3S. The molecule has 0 atom stereocenters. The predicted molar refractivity (Wildman–Crippen MR) is 82.7 cm³/mol. The zero-order chi connectivity index (χ0) is 15.2. The highest BCUT2D eigenvalue weighted by atomic mass is 32.1. The molecule has 1 aromatic carbocycles. The minimum atomic E-state index is -0.898. The molecule has 2 aromatic rings. The molecule has 0 saturated carbocycles. The fourth-order valence-electron chi connectivity index (χ4n) is 1.86. The second-order valence-corrected chi connectivity index (χ2v) is 5.96. The van der Waals surface area contributed by atoms with Gasteiger partial charge in [-0.15, -0.1) is 11.3 Å². The summed E-state index contributed by atoms with van der Waals surface area (Å²) in [5.74, 6) is -0.898. The van der Waals surface area contributed by atoms with Gasteiger partial charge < -0.3 is 15.7 Å². The number of urea groups is 1. The van der Waals surface area contributed by atoms with Crippen molar-refractivity contribution < 1.29 is 14.7 Å². The van der Waals surface area contributed by atoms with Crippen molar-refractivity contribution in [3.8, 4) is 0 Å². The summed E-state index contributed by atoms with van der Waals surface area (Å²) in [6.07, 6.45) is -0.0639. The largest absolute Gasteiger partial charge is 0.481 e. The van der Waals surface area contributed by atoms with Gasteiger partial charge in [0, 0.05) is 15.4 Å². The van der Waals surface area contributed by atoms with Crippen molar-refractivity contribution in [2.24, 2.45) is 0 Å². The lowest BCUT2D eigenvalue weighted by molar-refractivity contribution is -0.136. The average molecular weight is 304 g/mol. The summed E-state index contributed by atoms with van der Waals surface area (Å²) in [6, 6.07) is 10.5. The Bertz CT molecular complexity index is 652. The zero-order valence-corrected chi connectivity index (χ0v) is 12.4. The van der Waals surface area contributed by atoms with E-state index >= 15 is 0 Å². The Morgan fingerprint density at radius 3 is 2.71 bits per heavy atom. The molecule has 2 rings (SSSR count). The molecule has 1 heterocycles. The number of thiophene rings is 1. The van der Waals surface area contributed by atoms with E-state index in [0.29, 0.717) is 17.8 Å². The van der Waals surface area contributed by atoms with Crippen LogP contribution >= 0.6 is 11.3 Å². The molecule has 0 radical (unpaired) electrons. The highest BCUT2D eigenvalue weighted by Crippen LogP contribution is 2.15. The van der Waals surface area contributed by atoms with Crippen molar-refractivity contribution in [1.82, 2.24) is 5.32 Å². The van der Waals surface area contributed by atoms with Gasteiger partial charge in [0.2, 0.25) is 0 Å². The Balaban J connectivity index is 1.88. The Morgan fingerprint density at radius 1 is 1.24 bits per heavy atom. The molecule has 2 amide bonds. The van der Waals surface area contributed by atoms with Crippen molar-refractivity contribution in [2.75, 3.05) is 5.32 Å². The van der Waals surface area contributed by atoms with Crippen LogP contribution in [0.4, 0.5) is 10.5 Å². The lowest BCUT2D eigenvalue weighted by Crippen LogP contribution is -2.27. The zero-order valence-electron chi connectivity index (χ0n) is 11.6. The highest BCUT2D eigenvalue weighted by Gasteiger charge is 2.05. The second kappa shape index (κ2) is 6.90. The number of aryl methyl sites for hydroxylation is 1. The summed E-state index contributed by atoms with van der Waals surface area (Å²) in [7, 11) is 0. The number of anilines is 1. The molecule has 0 fully saturated rings. The number of hydrogen-bond acceptors (Lipinski definition) is 3. The third-order valence-electron chi connectivity index (χ3n) is 2.76. The first-order valence-corrected chi connectivity index (χ1v) is 7.25. The highest BCUT2D eigenvalue weighted by molar-refractivity contribution is 7.11. The number of carboxylic acids is 1. The van der Waals surface area contributed by atoms with E-state index in [1.807, 2.05) is 19.1 Å². The van der Waals surface area contributed by atoms with Crippen LogP contribution in [0.3, 0.4) is 0 Å². The maximum atomic E-state index is 11.8. The number of hydrogen-bond donors (Lipinski definition) is 3. The first-order valence-electron chi connectivity index (χ1n) is 6.44. The summed E-state index contributed by atoms with van der Waals surface area (Å²) < 4.78 is 0. The van der Waals surface area contributed by atoms with Crippen LogP contribution in [0.2, 0.25) is 0 Å². The number of rotatable bonds is 5. The number of benzene rings is 1. The van der Waals surface area contributed by atoms with E-state index in [2.05, 4.69) is 10.6 Å². The van der Waals surface area contributed by atoms with Gasteiger partial charge in [-0.2, -0.15) is 0 Å². The van der Waals surface area contributed by atoms with Crippen LogP contribution in [-0.2, 0) is 17.8 Å². The number of carbonyl (C=O) groups is 2. The average Bonchev–Trinajstić information content (AvgIpc) is 2.82. The molecule has 0 aliphatic rings. The standard InChI is InChI=1S/C15H16N2O3S/c1-10-5-6-13(21-10)9-16-15(20)17-12-4-2-3-11(7-12)8-14(18)19/h2-7H,8-9H2,1H3,(H,18,19)(H2,16,17,20). The van der Waals surface area contributed by atoms with Crippen LogP contribution in [0, 0.1) is 6.92 Å². The van der Waals surface area contributed by atoms with Crippen LogP contribution in [0.1, 0.15) is 15.3 Å². The summed E-state index contributed by atoms with van der Waals surface area (Å²) in [5, 5.41) is 14.2. The molecule has 110 valence electrons. The van der Waals surface area contributed by atoms with Gasteiger partial charge in [-0.1, -0.05) is 12.1 Å². The summed E-state index contributed by atoms with van der Waals surface area (Å²) in [5.41, 5.74) is 1.22. The summed E-state index contributed by atoms with van der Waals surface area (Å²) in [4.78, 5) is 24.7. The van der Waals surface area contributed by atoms with Gasteiger partial charge in [-0.25, -0.2) is 4.79 Å². The van der Waals surface area contributed by atoms with Gasteiger partial charge in [0.15, 0.2) is 0 Å². The van der Waals surface area contributed by atoms with Crippen molar-refractivity contribution in [1.29, 1.82) is 0 Å². The Labute approximate surface area is 126 Å². The molecule has 1 aromatic heterocycles. The van der Waals surface area contributed by atoms with Gasteiger partial charge in [0.1, 0.15) is 0 Å². The van der Waals surface area contributed by atoms with E-state index < -0.39 is 5.97 Å². The Hall–Kier alpha value is -2.34. The number of carboxylic acid groups (broad SMARTS) is 1. The molecule has 0 aliphatic heterocycles. The molecule has 0 saturated heterocycles. The first-order chi connectivity index (χ1) is 10.0. The van der Waals surface area contributed by atoms with Gasteiger partial charge >= 0.3 is 12.0 Å². The smallest absolute Gasteiger partial charge is 0.319 e. The number of carbonyl (C=O) groups excluding carboxylic acids is 1. The molecular weight excluding hydrogens is 288 g/mol. The van der Waals surface area contributed by atoms with Crippen molar-refractivity contribution in [3.05, 3.63) is 51.7 Å². The van der Waals surface area contributed by atoms with Crippen LogP contribution in [-0.4, -0.2) is 17.1 Å². The van der Waals surface area contributed by atoms with Crippen molar-refractivity contribution >= 4 is 29.0 Å². The minimum absolute atomic E-state index is 0.0639. The Kier molecular flexibility index (Phi) is 4.94. The summed E-state index contributed by atoms with van der Waals surface area (Å²) in [6.45, 7) is 2.49. The molecule has 21 heavy (non-hydrogen) atoms. The number of nitrogens with one attached hydrogen (secondary N) is 2. The molecule has 0 aliphatic carbocycles. The van der Waals surface area contributed by atoms with E-state index in [1.165, 1.54) is 4.88 Å². The fourth-order valence-corrected chi connectivity index (χ4v) is 2.69. The van der Waals surface area contributed by atoms with Crippen LogP contribution in [0.5, 0.6) is 0 Å².